The molecule has 9 nitrogen and oxygen atoms in total. The number of fused-ring (bicyclic) bond motifs is 1. The Bertz CT molecular complexity index is 1760. The molecule has 0 aromatic heterocycles. The first-order valence-electron chi connectivity index (χ1n) is 16.7. The fraction of sp³-hybridized carbons (Fsp3) is 0.190. The van der Waals surface area contributed by atoms with Crippen LogP contribution in [0.5, 0.6) is 17.2 Å². The van der Waals surface area contributed by atoms with Gasteiger partial charge in [-0.25, -0.2) is 14.4 Å². The standard InChI is InChI=1S/C42H40O9S/c1-3-39(43)49-29-9-7-27-47-33-19-13-31(14-20-33)17-25-41(45)51-37-23-24-38(36-12-6-5-11-35(36)37)52-42(46)26-18-32-15-21-34(22-16-32)48-28-8-10-30-50-40(44)4-2/h3-6,11-26H,1-2,7-10,27-30H2. The summed E-state index contributed by atoms with van der Waals surface area (Å²) in [5, 5.41) is 1.34. The highest BCUT2D eigenvalue weighted by molar-refractivity contribution is 8.14. The van der Waals surface area contributed by atoms with E-state index in [4.69, 9.17) is 23.7 Å². The van der Waals surface area contributed by atoms with Crippen LogP contribution in [0.1, 0.15) is 36.8 Å². The topological polar surface area (TPSA) is 114 Å². The van der Waals surface area contributed by atoms with E-state index in [9.17, 15) is 19.2 Å². The Morgan fingerprint density at radius 3 is 1.60 bits per heavy atom. The molecule has 0 bridgehead atoms. The Morgan fingerprint density at radius 1 is 0.558 bits per heavy atom. The minimum atomic E-state index is -0.537. The summed E-state index contributed by atoms with van der Waals surface area (Å²) in [7, 11) is 0. The van der Waals surface area contributed by atoms with Crippen LogP contribution in [0, 0.1) is 0 Å². The fourth-order valence-electron chi connectivity index (χ4n) is 4.64. The second-order valence-electron chi connectivity index (χ2n) is 11.1. The van der Waals surface area contributed by atoms with Gasteiger partial charge < -0.3 is 23.7 Å². The number of esters is 3. The maximum absolute atomic E-state index is 12.9. The van der Waals surface area contributed by atoms with Crippen LogP contribution < -0.4 is 14.2 Å². The third kappa shape index (κ3) is 13.4. The van der Waals surface area contributed by atoms with Crippen LogP contribution in [-0.2, 0) is 28.7 Å². The summed E-state index contributed by atoms with van der Waals surface area (Å²) in [5.74, 6) is 0.384. The zero-order valence-electron chi connectivity index (χ0n) is 28.7. The van der Waals surface area contributed by atoms with Crippen molar-refractivity contribution < 1.29 is 42.9 Å². The maximum Gasteiger partial charge on any atom is 0.336 e. The van der Waals surface area contributed by atoms with Crippen LogP contribution in [0.2, 0.25) is 0 Å². The van der Waals surface area contributed by atoms with Crippen molar-refractivity contribution in [1.29, 1.82) is 0 Å². The third-order valence-corrected chi connectivity index (χ3v) is 8.20. The molecule has 10 heteroatoms. The van der Waals surface area contributed by atoms with E-state index in [0.29, 0.717) is 61.9 Å². The van der Waals surface area contributed by atoms with Gasteiger partial charge in [-0.2, -0.15) is 0 Å². The van der Waals surface area contributed by atoms with Crippen molar-refractivity contribution in [2.45, 2.75) is 30.6 Å². The van der Waals surface area contributed by atoms with Crippen molar-refractivity contribution >= 4 is 57.7 Å². The van der Waals surface area contributed by atoms with Gasteiger partial charge in [0.05, 0.1) is 26.4 Å². The third-order valence-electron chi connectivity index (χ3n) is 7.29. The lowest BCUT2D eigenvalue weighted by molar-refractivity contribution is -0.138. The number of benzene rings is 4. The van der Waals surface area contributed by atoms with Crippen LogP contribution in [0.15, 0.2) is 127 Å². The van der Waals surface area contributed by atoms with E-state index in [0.717, 1.165) is 58.2 Å². The summed E-state index contributed by atoms with van der Waals surface area (Å²) < 4.78 is 27.0. The molecule has 0 heterocycles. The first-order valence-corrected chi connectivity index (χ1v) is 17.5. The van der Waals surface area contributed by atoms with Gasteiger partial charge >= 0.3 is 17.9 Å². The minimum absolute atomic E-state index is 0.154. The van der Waals surface area contributed by atoms with E-state index in [1.807, 2.05) is 72.8 Å². The zero-order chi connectivity index (χ0) is 37.0. The molecule has 4 rings (SSSR count). The summed E-state index contributed by atoms with van der Waals surface area (Å²) in [6, 6.07) is 25.6. The van der Waals surface area contributed by atoms with Crippen LogP contribution in [-0.4, -0.2) is 49.5 Å². The molecule has 0 aliphatic carbocycles. The van der Waals surface area contributed by atoms with Gasteiger partial charge in [0, 0.05) is 28.5 Å². The van der Waals surface area contributed by atoms with Gasteiger partial charge in [-0.1, -0.05) is 67.8 Å². The molecule has 0 fully saturated rings. The van der Waals surface area contributed by atoms with E-state index < -0.39 is 17.9 Å². The predicted octanol–water partition coefficient (Wildman–Crippen LogP) is 8.57. The summed E-state index contributed by atoms with van der Waals surface area (Å²) in [6.07, 6.45) is 11.4. The molecule has 0 amide bonds. The number of unbranched alkanes of at least 4 members (excludes halogenated alkanes) is 2. The Labute approximate surface area is 307 Å². The fourth-order valence-corrected chi connectivity index (χ4v) is 5.41. The number of rotatable bonds is 20. The molecule has 0 spiro atoms. The Morgan fingerprint density at radius 2 is 1.06 bits per heavy atom. The molecule has 0 radical (unpaired) electrons. The van der Waals surface area contributed by atoms with Gasteiger partial charge in [0.15, 0.2) is 0 Å². The van der Waals surface area contributed by atoms with E-state index in [1.165, 1.54) is 12.2 Å². The normalized spacial score (nSPS) is 10.9. The molecule has 4 aromatic rings. The van der Waals surface area contributed by atoms with Crippen LogP contribution in [0.4, 0.5) is 0 Å². The van der Waals surface area contributed by atoms with Crippen LogP contribution >= 0.6 is 11.8 Å². The molecule has 268 valence electrons. The van der Waals surface area contributed by atoms with Crippen LogP contribution in [0.25, 0.3) is 22.9 Å². The van der Waals surface area contributed by atoms with Crippen molar-refractivity contribution in [3.63, 3.8) is 0 Å². The van der Waals surface area contributed by atoms with Crippen molar-refractivity contribution in [3.8, 4) is 17.2 Å². The molecule has 0 saturated heterocycles. The minimum Gasteiger partial charge on any atom is -0.494 e. The quantitative estimate of drug-likeness (QED) is 0.0289. The molecule has 0 aliphatic rings. The number of carbonyl (C=O) groups is 4. The lowest BCUT2D eigenvalue weighted by atomic mass is 10.1. The Balaban J connectivity index is 1.24. The second kappa shape index (κ2) is 21.4. The number of hydrogen-bond donors (Lipinski definition) is 0. The Hall–Kier alpha value is -5.87. The van der Waals surface area contributed by atoms with Gasteiger partial charge in [-0.05, 0) is 103 Å². The lowest BCUT2D eigenvalue weighted by Gasteiger charge is -2.10. The molecule has 0 unspecified atom stereocenters. The average Bonchev–Trinajstić information content (AvgIpc) is 3.17. The van der Waals surface area contributed by atoms with Crippen molar-refractivity contribution in [2.75, 3.05) is 26.4 Å². The second-order valence-corrected chi connectivity index (χ2v) is 12.2. The number of hydrogen-bond acceptors (Lipinski definition) is 10. The summed E-state index contributed by atoms with van der Waals surface area (Å²) >= 11 is 1.09. The molecular weight excluding hydrogens is 681 g/mol. The molecular formula is C42H40O9S. The largest absolute Gasteiger partial charge is 0.494 e. The Kier molecular flexibility index (Phi) is 16.0. The van der Waals surface area contributed by atoms with E-state index >= 15 is 0 Å². The first kappa shape index (κ1) is 38.9. The summed E-state index contributed by atoms with van der Waals surface area (Å²) in [6.45, 7) is 8.34. The lowest BCUT2D eigenvalue weighted by Crippen LogP contribution is -2.04. The number of carbonyl (C=O) groups excluding carboxylic acids is 4. The van der Waals surface area contributed by atoms with E-state index in [1.54, 1.807) is 24.3 Å². The number of thioether (sulfide) groups is 1. The first-order chi connectivity index (χ1) is 25.3. The van der Waals surface area contributed by atoms with Gasteiger partial charge in [0.2, 0.25) is 5.12 Å². The van der Waals surface area contributed by atoms with Gasteiger partial charge in [-0.3, -0.25) is 4.79 Å². The average molecular weight is 721 g/mol. The van der Waals surface area contributed by atoms with E-state index in [-0.39, 0.29) is 5.12 Å². The van der Waals surface area contributed by atoms with Crippen LogP contribution in [0.3, 0.4) is 0 Å². The molecule has 52 heavy (non-hydrogen) atoms. The smallest absolute Gasteiger partial charge is 0.336 e. The van der Waals surface area contributed by atoms with Gasteiger partial charge in [-0.15, -0.1) is 0 Å². The van der Waals surface area contributed by atoms with Gasteiger partial charge in [0.25, 0.3) is 0 Å². The van der Waals surface area contributed by atoms with Gasteiger partial charge in [0.1, 0.15) is 17.2 Å². The molecule has 0 N–H and O–H groups in total. The zero-order valence-corrected chi connectivity index (χ0v) is 29.5. The van der Waals surface area contributed by atoms with Crippen molar-refractivity contribution in [3.05, 3.63) is 134 Å². The number of ether oxygens (including phenoxy) is 5. The van der Waals surface area contributed by atoms with Crippen molar-refractivity contribution in [1.82, 2.24) is 0 Å². The highest BCUT2D eigenvalue weighted by Gasteiger charge is 2.12. The highest BCUT2D eigenvalue weighted by atomic mass is 32.2. The maximum atomic E-state index is 12.9. The predicted molar refractivity (Wildman–Crippen MR) is 203 cm³/mol. The monoisotopic (exact) mass is 720 g/mol. The van der Waals surface area contributed by atoms with Crippen molar-refractivity contribution in [2.24, 2.45) is 0 Å². The molecule has 0 atom stereocenters. The SMILES string of the molecule is C=CC(=O)OCCCCOc1ccc(C=CC(=O)Oc2ccc(SC(=O)C=Cc3ccc(OCCCCOC(=O)C=C)cc3)c3ccccc23)cc1. The molecule has 0 aliphatic heterocycles. The highest BCUT2D eigenvalue weighted by Crippen LogP contribution is 2.35. The molecule has 0 saturated carbocycles. The summed E-state index contributed by atoms with van der Waals surface area (Å²) in [5.41, 5.74) is 1.64. The molecule has 4 aromatic carbocycles. The summed E-state index contributed by atoms with van der Waals surface area (Å²) in [4.78, 5) is 48.5. The van der Waals surface area contributed by atoms with E-state index in [2.05, 4.69) is 13.2 Å².